The normalized spacial score (nSPS) is 13.8. The molecule has 1 aliphatic rings. The highest BCUT2D eigenvalue weighted by Crippen LogP contribution is 2.24. The zero-order chi connectivity index (χ0) is 18.8. The van der Waals surface area contributed by atoms with E-state index in [9.17, 15) is 14.0 Å². The van der Waals surface area contributed by atoms with E-state index < -0.39 is 0 Å². The lowest BCUT2D eigenvalue weighted by molar-refractivity contribution is -0.133. The number of carbonyl (C=O) groups excluding carboxylic acids is 2. The Bertz CT molecular complexity index is 862. The summed E-state index contributed by atoms with van der Waals surface area (Å²) in [6.45, 7) is 4.34. The molecule has 0 fully saturated rings. The number of hydrogen-bond acceptors (Lipinski definition) is 4. The quantitative estimate of drug-likeness (QED) is 0.892. The monoisotopic (exact) mass is 360 g/mol. The second kappa shape index (κ2) is 7.15. The van der Waals surface area contributed by atoms with Gasteiger partial charge in [-0.2, -0.15) is 5.10 Å². The van der Waals surface area contributed by atoms with E-state index in [1.54, 1.807) is 23.6 Å². The summed E-state index contributed by atoms with van der Waals surface area (Å²) in [5.41, 5.74) is 2.60. The average molecular weight is 360 g/mol. The van der Waals surface area contributed by atoms with Crippen molar-refractivity contribution < 1.29 is 18.7 Å². The van der Waals surface area contributed by atoms with Gasteiger partial charge in [0.2, 0.25) is 0 Å². The summed E-state index contributed by atoms with van der Waals surface area (Å²) >= 11 is 0. The van der Waals surface area contributed by atoms with Gasteiger partial charge in [0.1, 0.15) is 11.6 Å². The van der Waals surface area contributed by atoms with Crippen LogP contribution in [0.3, 0.4) is 0 Å². The number of hydrogen-bond donors (Lipinski definition) is 1. The minimum atomic E-state index is -0.377. The first-order valence-corrected chi connectivity index (χ1v) is 8.34. The topological polar surface area (TPSA) is 76.5 Å². The fraction of sp³-hybridized carbons (Fsp3) is 0.389. The van der Waals surface area contributed by atoms with Gasteiger partial charge in [-0.05, 0) is 32.0 Å². The van der Waals surface area contributed by atoms with Gasteiger partial charge in [0.15, 0.2) is 6.61 Å². The molecule has 26 heavy (non-hydrogen) atoms. The number of nitrogens with zero attached hydrogens (tertiary/aromatic N) is 3. The highest BCUT2D eigenvalue weighted by molar-refractivity contribution is 5.96. The lowest BCUT2D eigenvalue weighted by atomic mass is 10.2. The summed E-state index contributed by atoms with van der Waals surface area (Å²) in [7, 11) is 1.78. The smallest absolute Gasteiger partial charge is 0.260 e. The van der Waals surface area contributed by atoms with E-state index >= 15 is 0 Å². The third-order valence-electron chi connectivity index (χ3n) is 4.49. The van der Waals surface area contributed by atoms with Crippen molar-refractivity contribution in [1.29, 1.82) is 0 Å². The van der Waals surface area contributed by atoms with E-state index in [4.69, 9.17) is 4.74 Å². The van der Waals surface area contributed by atoms with E-state index in [0.717, 1.165) is 5.69 Å². The number of ether oxygens (including phenoxy) is 1. The first kappa shape index (κ1) is 17.9. The fourth-order valence-corrected chi connectivity index (χ4v) is 3.04. The number of carbonyl (C=O) groups is 2. The summed E-state index contributed by atoms with van der Waals surface area (Å²) < 4.78 is 20.5. The van der Waals surface area contributed by atoms with Crippen molar-refractivity contribution in [2.24, 2.45) is 7.05 Å². The van der Waals surface area contributed by atoms with Crippen LogP contribution in [0, 0.1) is 19.7 Å². The Labute approximate surface area is 150 Å². The minimum absolute atomic E-state index is 0.104. The van der Waals surface area contributed by atoms with E-state index in [0.29, 0.717) is 29.1 Å². The number of halogens is 1. The van der Waals surface area contributed by atoms with E-state index in [2.05, 4.69) is 10.4 Å². The van der Waals surface area contributed by atoms with Crippen molar-refractivity contribution in [3.63, 3.8) is 0 Å². The Balaban J connectivity index is 1.63. The molecule has 7 nitrogen and oxygen atoms in total. The van der Waals surface area contributed by atoms with Gasteiger partial charge in [0.05, 0.1) is 11.3 Å². The molecule has 2 aromatic rings. The highest BCUT2D eigenvalue weighted by Gasteiger charge is 2.22. The number of nitrogens with one attached hydrogen (secondary N) is 1. The maximum absolute atomic E-state index is 13.5. The van der Waals surface area contributed by atoms with E-state index in [-0.39, 0.29) is 37.3 Å². The van der Waals surface area contributed by atoms with Crippen molar-refractivity contribution in [1.82, 2.24) is 20.0 Å². The molecule has 1 aromatic heterocycles. The van der Waals surface area contributed by atoms with Crippen LogP contribution in [0.5, 0.6) is 5.75 Å². The summed E-state index contributed by atoms with van der Waals surface area (Å²) in [5.74, 6) is -0.298. The Hall–Kier alpha value is -2.90. The van der Waals surface area contributed by atoms with Gasteiger partial charge >= 0.3 is 0 Å². The molecular weight excluding hydrogens is 339 g/mol. The van der Waals surface area contributed by atoms with Crippen molar-refractivity contribution in [2.75, 3.05) is 19.7 Å². The number of aryl methyl sites for hydroxylation is 2. The second-order valence-electron chi connectivity index (χ2n) is 6.28. The third kappa shape index (κ3) is 3.54. The molecule has 1 aliphatic heterocycles. The summed E-state index contributed by atoms with van der Waals surface area (Å²) in [6.07, 6.45) is 0. The number of amides is 2. The highest BCUT2D eigenvalue weighted by atomic mass is 19.1. The lowest BCUT2D eigenvalue weighted by Crippen LogP contribution is -2.39. The molecule has 138 valence electrons. The lowest BCUT2D eigenvalue weighted by Gasteiger charge is -2.20. The fourth-order valence-electron chi connectivity index (χ4n) is 3.04. The van der Waals surface area contributed by atoms with Crippen LogP contribution in [0.4, 0.5) is 4.39 Å². The van der Waals surface area contributed by atoms with Crippen LogP contribution in [-0.2, 0) is 18.4 Å². The molecule has 0 unspecified atom stereocenters. The molecule has 0 aliphatic carbocycles. The number of fused-ring (bicyclic) bond motifs is 1. The van der Waals surface area contributed by atoms with Crippen LogP contribution in [-0.4, -0.2) is 46.2 Å². The Kier molecular flexibility index (Phi) is 4.92. The van der Waals surface area contributed by atoms with Crippen LogP contribution in [0.1, 0.15) is 27.3 Å². The van der Waals surface area contributed by atoms with E-state index in [1.807, 2.05) is 6.92 Å². The maximum Gasteiger partial charge on any atom is 0.260 e. The molecule has 1 N–H and O–H groups in total. The van der Waals surface area contributed by atoms with Gasteiger partial charge in [-0.25, -0.2) is 4.39 Å². The van der Waals surface area contributed by atoms with Crippen LogP contribution in [0.2, 0.25) is 0 Å². The second-order valence-corrected chi connectivity index (χ2v) is 6.28. The molecular formula is C18H21FN4O3. The zero-order valence-electron chi connectivity index (χ0n) is 15.0. The average Bonchev–Trinajstić information content (AvgIpc) is 2.74. The van der Waals surface area contributed by atoms with Gasteiger partial charge in [-0.3, -0.25) is 14.3 Å². The first-order valence-electron chi connectivity index (χ1n) is 8.34. The first-order chi connectivity index (χ1) is 12.4. The summed E-state index contributed by atoms with van der Waals surface area (Å²) in [4.78, 5) is 26.1. The van der Waals surface area contributed by atoms with Crippen LogP contribution in [0.15, 0.2) is 18.2 Å². The Morgan fingerprint density at radius 3 is 2.85 bits per heavy atom. The number of aromatic nitrogens is 2. The minimum Gasteiger partial charge on any atom is -0.483 e. The molecule has 0 saturated heterocycles. The maximum atomic E-state index is 13.5. The molecule has 3 rings (SSSR count). The Morgan fingerprint density at radius 2 is 2.15 bits per heavy atom. The number of benzene rings is 1. The standard InChI is InChI=1S/C18H21FN4O3/c1-11-17(12(2)22(3)21-11)18(25)20-6-7-23-9-13-8-14(19)4-5-15(13)26-10-16(23)24/h4-5,8H,6-7,9-10H2,1-3H3,(H,20,25). The van der Waals surface area contributed by atoms with Gasteiger partial charge in [-0.15, -0.1) is 0 Å². The van der Waals surface area contributed by atoms with Gasteiger partial charge in [0, 0.05) is 37.9 Å². The van der Waals surface area contributed by atoms with Crippen LogP contribution < -0.4 is 10.1 Å². The molecule has 8 heteroatoms. The molecule has 0 spiro atoms. The molecule has 0 saturated carbocycles. The summed E-state index contributed by atoms with van der Waals surface area (Å²) in [5, 5.41) is 7.04. The molecule has 0 radical (unpaired) electrons. The zero-order valence-corrected chi connectivity index (χ0v) is 15.0. The van der Waals surface area contributed by atoms with Gasteiger partial charge in [0.25, 0.3) is 11.8 Å². The molecule has 2 amide bonds. The summed E-state index contributed by atoms with van der Waals surface area (Å²) in [6, 6.07) is 4.19. The van der Waals surface area contributed by atoms with Crippen molar-refractivity contribution in [2.45, 2.75) is 20.4 Å². The van der Waals surface area contributed by atoms with Gasteiger partial charge < -0.3 is 15.0 Å². The molecule has 2 heterocycles. The van der Waals surface area contributed by atoms with Crippen molar-refractivity contribution in [3.8, 4) is 5.75 Å². The van der Waals surface area contributed by atoms with Gasteiger partial charge in [-0.1, -0.05) is 0 Å². The predicted molar refractivity (Wildman–Crippen MR) is 92.3 cm³/mol. The largest absolute Gasteiger partial charge is 0.483 e. The van der Waals surface area contributed by atoms with E-state index in [1.165, 1.54) is 18.2 Å². The molecule has 1 aromatic carbocycles. The third-order valence-corrected chi connectivity index (χ3v) is 4.49. The predicted octanol–water partition coefficient (Wildman–Crippen LogP) is 1.33. The van der Waals surface area contributed by atoms with Crippen LogP contribution >= 0.6 is 0 Å². The van der Waals surface area contributed by atoms with Crippen molar-refractivity contribution in [3.05, 3.63) is 46.5 Å². The number of rotatable bonds is 4. The molecule has 0 atom stereocenters. The molecule has 0 bridgehead atoms. The van der Waals surface area contributed by atoms with Crippen LogP contribution in [0.25, 0.3) is 0 Å². The SMILES string of the molecule is Cc1nn(C)c(C)c1C(=O)NCCN1Cc2cc(F)ccc2OCC1=O. The van der Waals surface area contributed by atoms with Crippen molar-refractivity contribution >= 4 is 11.8 Å². The Morgan fingerprint density at radius 1 is 1.38 bits per heavy atom.